The highest BCUT2D eigenvalue weighted by molar-refractivity contribution is 9.12. The number of halogens is 1. The van der Waals surface area contributed by atoms with Crippen LogP contribution in [-0.4, -0.2) is 54.4 Å². The third-order valence-corrected chi connectivity index (χ3v) is 10.7. The summed E-state index contributed by atoms with van der Waals surface area (Å²) in [5.74, 6) is -0.823. The summed E-state index contributed by atoms with van der Waals surface area (Å²) < 4.78 is 16.0. The summed E-state index contributed by atoms with van der Waals surface area (Å²) >= 11 is 3.24. The van der Waals surface area contributed by atoms with Crippen LogP contribution in [0.4, 0.5) is 0 Å². The van der Waals surface area contributed by atoms with Crippen LogP contribution in [0.25, 0.3) is 21.8 Å². The van der Waals surface area contributed by atoms with E-state index in [0.717, 1.165) is 9.95 Å². The number of methoxy groups -OCH3 is 2. The fourth-order valence-electron chi connectivity index (χ4n) is 7.73. The first-order chi connectivity index (χ1) is 24.5. The molecule has 2 atom stereocenters. The Morgan fingerprint density at radius 3 is 2.49 bits per heavy atom. The molecule has 0 saturated heterocycles. The minimum atomic E-state index is -0.863. The van der Waals surface area contributed by atoms with Gasteiger partial charge in [0, 0.05) is 67.3 Å². The first-order valence-corrected chi connectivity index (χ1v) is 17.0. The molecule has 0 radical (unpaired) electrons. The normalized spacial score (nSPS) is 18.4. The molecule has 0 amide bonds. The number of benzene rings is 3. The highest BCUT2D eigenvalue weighted by Gasteiger charge is 2.46. The van der Waals surface area contributed by atoms with Crippen molar-refractivity contribution in [1.82, 2.24) is 23.5 Å². The van der Waals surface area contributed by atoms with Gasteiger partial charge < -0.3 is 19.1 Å². The molecule has 3 aliphatic rings. The quantitative estimate of drug-likeness (QED) is 0.202. The van der Waals surface area contributed by atoms with Crippen molar-refractivity contribution in [3.8, 4) is 17.2 Å². The van der Waals surface area contributed by atoms with E-state index in [1.165, 1.54) is 34.2 Å². The number of rotatable bonds is 6. The Labute approximate surface area is 297 Å². The van der Waals surface area contributed by atoms with E-state index >= 15 is 0 Å². The third-order valence-electron chi connectivity index (χ3n) is 10.1. The van der Waals surface area contributed by atoms with Crippen LogP contribution in [0.15, 0.2) is 96.3 Å². The average molecular weight is 753 g/mol. The smallest absolute Gasteiger partial charge is 0.347 e. The molecule has 0 spiro atoms. The molecule has 0 fully saturated rings. The van der Waals surface area contributed by atoms with Crippen LogP contribution < -0.4 is 26.4 Å². The van der Waals surface area contributed by atoms with Gasteiger partial charge in [0.25, 0.3) is 5.56 Å². The van der Waals surface area contributed by atoms with Crippen LogP contribution >= 0.6 is 15.9 Å². The number of phenolic OH excluding ortho intramolecular Hbond substituents is 1. The Kier molecular flexibility index (Phi) is 7.59. The second-order valence-corrected chi connectivity index (χ2v) is 13.5. The van der Waals surface area contributed by atoms with Crippen molar-refractivity contribution in [2.45, 2.75) is 37.9 Å². The summed E-state index contributed by atoms with van der Waals surface area (Å²) in [4.78, 5) is 73.3. The molecule has 5 aromatic rings. The molecule has 3 heterocycles. The molecule has 2 unspecified atom stereocenters. The topological polar surface area (TPSA) is 157 Å². The van der Waals surface area contributed by atoms with Crippen LogP contribution in [0, 0.1) is 0 Å². The number of ether oxygens (including phenoxy) is 2. The molecule has 3 aromatic carbocycles. The summed E-state index contributed by atoms with van der Waals surface area (Å²) in [6.07, 6.45) is 3.01. The monoisotopic (exact) mass is 751 g/mol. The standard InChI is InChI=1S/C37H30BrN5O8/c1-40-26-17-30(51-3)29(50-2)16-24(26)39-23(35(40)47)11-12-41-36(48)42-13-10-20-25(43(42)37(41)49)14-21-32(28(45)15-22(38)34(21)46)33(20)31-19-7-5-4-6-18(19)8-9-27(31)44/h4-10,15-17,25,33,44H,11-14H2,1-3H3. The van der Waals surface area contributed by atoms with Crippen molar-refractivity contribution in [1.29, 1.82) is 0 Å². The Bertz CT molecular complexity index is 2670. The number of allylic oxidation sites excluding steroid dienone is 6. The van der Waals surface area contributed by atoms with Crippen molar-refractivity contribution in [3.63, 3.8) is 0 Å². The zero-order chi connectivity index (χ0) is 35.9. The van der Waals surface area contributed by atoms with Crippen molar-refractivity contribution >= 4 is 49.3 Å². The second kappa shape index (κ2) is 11.9. The highest BCUT2D eigenvalue weighted by Crippen LogP contribution is 2.53. The van der Waals surface area contributed by atoms with Crippen molar-refractivity contribution in [2.75, 3.05) is 14.2 Å². The minimum absolute atomic E-state index is 0.0108. The zero-order valence-corrected chi connectivity index (χ0v) is 29.3. The van der Waals surface area contributed by atoms with E-state index in [2.05, 4.69) is 20.9 Å². The van der Waals surface area contributed by atoms with Gasteiger partial charge in [0.2, 0.25) is 0 Å². The Balaban J connectivity index is 1.23. The van der Waals surface area contributed by atoms with Gasteiger partial charge in [-0.2, -0.15) is 0 Å². The van der Waals surface area contributed by atoms with Crippen LogP contribution in [0.2, 0.25) is 0 Å². The largest absolute Gasteiger partial charge is 0.508 e. The molecule has 8 rings (SSSR count). The molecule has 1 N–H and O–H groups in total. The molecule has 13 nitrogen and oxygen atoms in total. The molecule has 258 valence electrons. The highest BCUT2D eigenvalue weighted by atomic mass is 79.9. The lowest BCUT2D eigenvalue weighted by molar-refractivity contribution is -0.115. The average Bonchev–Trinajstić information content (AvgIpc) is 3.38. The first-order valence-electron chi connectivity index (χ1n) is 16.2. The van der Waals surface area contributed by atoms with E-state index in [4.69, 9.17) is 9.47 Å². The maximum atomic E-state index is 14.2. The lowest BCUT2D eigenvalue weighted by Crippen LogP contribution is -2.40. The van der Waals surface area contributed by atoms with Crippen LogP contribution in [-0.2, 0) is 36.1 Å². The molecule has 2 aromatic heterocycles. The van der Waals surface area contributed by atoms with Crippen molar-refractivity contribution < 1.29 is 24.2 Å². The lowest BCUT2D eigenvalue weighted by atomic mass is 9.68. The predicted molar refractivity (Wildman–Crippen MR) is 191 cm³/mol. The zero-order valence-electron chi connectivity index (χ0n) is 27.7. The van der Waals surface area contributed by atoms with E-state index in [1.54, 1.807) is 37.4 Å². The van der Waals surface area contributed by atoms with Crippen molar-refractivity contribution in [2.24, 2.45) is 7.05 Å². The van der Waals surface area contributed by atoms with E-state index < -0.39 is 29.1 Å². The van der Waals surface area contributed by atoms with E-state index in [9.17, 15) is 29.1 Å². The molecular weight excluding hydrogens is 722 g/mol. The predicted octanol–water partition coefficient (Wildman–Crippen LogP) is 3.57. The number of hydrogen-bond donors (Lipinski definition) is 1. The van der Waals surface area contributed by atoms with Gasteiger partial charge >= 0.3 is 11.4 Å². The summed E-state index contributed by atoms with van der Waals surface area (Å²) in [6.45, 7) is -0.127. The SMILES string of the molecule is COc1cc2nc(CCn3c(=O)n4n(c3=O)C3CC5=C(C(=O)C=C(Br)C5=O)C(c5c(O)ccc6ccccc56)C3=CC4)c(=O)n(C)c2cc1OC. The Morgan fingerprint density at radius 1 is 0.980 bits per heavy atom. The molecule has 51 heavy (non-hydrogen) atoms. The lowest BCUT2D eigenvalue weighted by Gasteiger charge is -2.39. The molecule has 0 saturated carbocycles. The summed E-state index contributed by atoms with van der Waals surface area (Å²) in [7, 11) is 4.60. The third kappa shape index (κ3) is 4.80. The van der Waals surface area contributed by atoms with Crippen molar-refractivity contribution in [3.05, 3.63) is 124 Å². The number of ketones is 2. The number of carbonyl (C=O) groups excluding carboxylic acids is 2. The van der Waals surface area contributed by atoms with Gasteiger partial charge in [0.1, 0.15) is 11.4 Å². The molecule has 1 aliphatic heterocycles. The number of Topliss-reactive ketones (excluding diaryl/α,β-unsaturated/α-hetero) is 1. The number of fused-ring (bicyclic) bond motifs is 5. The number of aryl methyl sites for hydroxylation is 2. The Hall–Kier alpha value is -5.76. The van der Waals surface area contributed by atoms with E-state index in [-0.39, 0.29) is 64.3 Å². The molecular formula is C37H30BrN5O8. The van der Waals surface area contributed by atoms with Gasteiger partial charge in [-0.1, -0.05) is 36.4 Å². The van der Waals surface area contributed by atoms with E-state index in [1.807, 2.05) is 24.3 Å². The summed E-state index contributed by atoms with van der Waals surface area (Å²) in [5.41, 5.74) is 1.06. The fourth-order valence-corrected chi connectivity index (χ4v) is 8.17. The second-order valence-electron chi connectivity index (χ2n) is 12.7. The maximum absolute atomic E-state index is 14.2. The van der Waals surface area contributed by atoms with Gasteiger partial charge in [0.15, 0.2) is 23.1 Å². The Morgan fingerprint density at radius 2 is 1.73 bits per heavy atom. The minimum Gasteiger partial charge on any atom is -0.508 e. The number of nitrogens with zero attached hydrogens (tertiary/aromatic N) is 5. The summed E-state index contributed by atoms with van der Waals surface area (Å²) in [6, 6.07) is 13.3. The molecule has 2 aliphatic carbocycles. The van der Waals surface area contributed by atoms with Crippen LogP contribution in [0.5, 0.6) is 17.2 Å². The van der Waals surface area contributed by atoms with Gasteiger partial charge in [-0.3, -0.25) is 14.4 Å². The van der Waals surface area contributed by atoms with Gasteiger partial charge in [-0.25, -0.2) is 28.5 Å². The van der Waals surface area contributed by atoms with Gasteiger partial charge in [-0.15, -0.1) is 0 Å². The number of phenols is 1. The first kappa shape index (κ1) is 32.4. The van der Waals surface area contributed by atoms with Gasteiger partial charge in [0.05, 0.1) is 42.3 Å². The fraction of sp³-hybridized carbons (Fsp3) is 0.243. The molecule has 14 heteroatoms. The maximum Gasteiger partial charge on any atom is 0.347 e. The van der Waals surface area contributed by atoms with Crippen LogP contribution in [0.1, 0.15) is 29.6 Å². The van der Waals surface area contributed by atoms with Crippen LogP contribution in [0.3, 0.4) is 0 Å². The number of aromatic hydroxyl groups is 1. The van der Waals surface area contributed by atoms with Gasteiger partial charge in [-0.05, 0) is 38.3 Å². The van der Waals surface area contributed by atoms with E-state index in [0.29, 0.717) is 39.1 Å². The number of carbonyl (C=O) groups is 2. The molecule has 0 bridgehead atoms. The summed E-state index contributed by atoms with van der Waals surface area (Å²) in [5, 5.41) is 12.9. The number of aromatic nitrogens is 5. The number of hydrogen-bond acceptors (Lipinski definition) is 9.